The van der Waals surface area contributed by atoms with Crippen LogP contribution in [0.5, 0.6) is 11.5 Å². The maximum Gasteiger partial charge on any atom is 0.222 e. The van der Waals surface area contributed by atoms with Crippen LogP contribution >= 0.6 is 0 Å². The van der Waals surface area contributed by atoms with Crippen molar-refractivity contribution in [1.82, 2.24) is 4.90 Å². The molecule has 0 radical (unpaired) electrons. The predicted octanol–water partition coefficient (Wildman–Crippen LogP) is 4.01. The van der Waals surface area contributed by atoms with E-state index in [-0.39, 0.29) is 12.0 Å². The normalized spacial score (nSPS) is 14.9. The van der Waals surface area contributed by atoms with Gasteiger partial charge in [0.15, 0.2) is 0 Å². The minimum absolute atomic E-state index is 0.198. The van der Waals surface area contributed by atoms with Gasteiger partial charge in [0.05, 0.1) is 7.11 Å². The summed E-state index contributed by atoms with van der Waals surface area (Å²) in [5.41, 5.74) is 2.39. The molecule has 4 heteroatoms. The van der Waals surface area contributed by atoms with E-state index in [0.717, 1.165) is 49.4 Å². The van der Waals surface area contributed by atoms with Crippen LogP contribution in [0.15, 0.2) is 48.5 Å². The van der Waals surface area contributed by atoms with Crippen LogP contribution in [0.1, 0.15) is 30.4 Å². The number of hydrogen-bond acceptors (Lipinski definition) is 3. The summed E-state index contributed by atoms with van der Waals surface area (Å²) >= 11 is 0. The predicted molar refractivity (Wildman–Crippen MR) is 103 cm³/mol. The average Bonchev–Trinajstić information content (AvgIpc) is 2.69. The Kier molecular flexibility index (Phi) is 6.16. The topological polar surface area (TPSA) is 38.8 Å². The van der Waals surface area contributed by atoms with Crippen LogP contribution < -0.4 is 9.47 Å². The highest BCUT2D eigenvalue weighted by molar-refractivity contribution is 5.76. The molecular weight excluding hydrogens is 326 g/mol. The Hall–Kier alpha value is -2.49. The van der Waals surface area contributed by atoms with Crippen molar-refractivity contribution in [2.75, 3.05) is 20.2 Å². The van der Waals surface area contributed by atoms with Gasteiger partial charge in [0.1, 0.15) is 17.6 Å². The number of hydrogen-bond donors (Lipinski definition) is 0. The van der Waals surface area contributed by atoms with E-state index in [0.29, 0.717) is 6.42 Å². The van der Waals surface area contributed by atoms with Gasteiger partial charge >= 0.3 is 0 Å². The van der Waals surface area contributed by atoms with Crippen LogP contribution in [0.25, 0.3) is 0 Å². The molecule has 0 atom stereocenters. The molecule has 1 heterocycles. The van der Waals surface area contributed by atoms with Gasteiger partial charge in [-0.15, -0.1) is 0 Å². The second-order valence-electron chi connectivity index (χ2n) is 6.86. The van der Waals surface area contributed by atoms with E-state index in [1.165, 1.54) is 5.56 Å². The molecule has 0 aliphatic carbocycles. The number of carbonyl (C=O) groups excluding carboxylic acids is 1. The highest BCUT2D eigenvalue weighted by atomic mass is 16.5. The third-order valence-electron chi connectivity index (χ3n) is 4.91. The number of nitrogens with zero attached hydrogens (tertiary/aromatic N) is 1. The van der Waals surface area contributed by atoms with Crippen molar-refractivity contribution in [2.24, 2.45) is 0 Å². The lowest BCUT2D eigenvalue weighted by atomic mass is 10.1. The Balaban J connectivity index is 1.42. The van der Waals surface area contributed by atoms with E-state index in [2.05, 4.69) is 19.1 Å². The molecule has 0 unspecified atom stereocenters. The number of carbonyl (C=O) groups is 1. The number of ether oxygens (including phenoxy) is 2. The number of rotatable bonds is 6. The first-order valence-corrected chi connectivity index (χ1v) is 9.28. The zero-order valence-electron chi connectivity index (χ0n) is 15.6. The number of likely N-dealkylation sites (tertiary alicyclic amines) is 1. The van der Waals surface area contributed by atoms with Gasteiger partial charge < -0.3 is 14.4 Å². The molecule has 0 aromatic heterocycles. The second kappa shape index (κ2) is 8.75. The maximum atomic E-state index is 12.5. The molecule has 0 bridgehead atoms. The molecule has 1 saturated heterocycles. The smallest absolute Gasteiger partial charge is 0.222 e. The monoisotopic (exact) mass is 353 g/mol. The molecule has 0 saturated carbocycles. The van der Waals surface area contributed by atoms with E-state index in [9.17, 15) is 4.79 Å². The quantitative estimate of drug-likeness (QED) is 0.788. The fraction of sp³-hybridized carbons (Fsp3) is 0.409. The van der Waals surface area contributed by atoms with E-state index >= 15 is 0 Å². The van der Waals surface area contributed by atoms with Gasteiger partial charge in [-0.25, -0.2) is 0 Å². The fourth-order valence-electron chi connectivity index (χ4n) is 3.23. The summed E-state index contributed by atoms with van der Waals surface area (Å²) in [6.45, 7) is 3.62. The lowest BCUT2D eigenvalue weighted by molar-refractivity contribution is -0.132. The summed E-state index contributed by atoms with van der Waals surface area (Å²) in [6, 6.07) is 16.1. The summed E-state index contributed by atoms with van der Waals surface area (Å²) in [5, 5.41) is 0. The molecule has 4 nitrogen and oxygen atoms in total. The maximum absolute atomic E-state index is 12.5. The van der Waals surface area contributed by atoms with Crippen LogP contribution in [-0.2, 0) is 11.2 Å². The summed E-state index contributed by atoms with van der Waals surface area (Å²) < 4.78 is 11.2. The first-order valence-electron chi connectivity index (χ1n) is 9.28. The highest BCUT2D eigenvalue weighted by Gasteiger charge is 2.23. The molecule has 3 rings (SSSR count). The van der Waals surface area contributed by atoms with Crippen LogP contribution in [0.4, 0.5) is 0 Å². The molecule has 138 valence electrons. The van der Waals surface area contributed by atoms with Crippen molar-refractivity contribution < 1.29 is 14.3 Å². The Morgan fingerprint density at radius 1 is 1.00 bits per heavy atom. The van der Waals surface area contributed by atoms with Gasteiger partial charge in [0, 0.05) is 32.4 Å². The Morgan fingerprint density at radius 3 is 2.23 bits per heavy atom. The molecule has 1 amide bonds. The number of amides is 1. The van der Waals surface area contributed by atoms with Crippen molar-refractivity contribution in [2.45, 2.75) is 38.7 Å². The third kappa shape index (κ3) is 5.01. The summed E-state index contributed by atoms with van der Waals surface area (Å²) in [6.07, 6.45) is 3.30. The van der Waals surface area contributed by atoms with Crippen LogP contribution in [0, 0.1) is 6.92 Å². The van der Waals surface area contributed by atoms with Gasteiger partial charge in [-0.3, -0.25) is 4.79 Å². The van der Waals surface area contributed by atoms with Crippen molar-refractivity contribution in [1.29, 1.82) is 0 Å². The first kappa shape index (κ1) is 18.3. The molecular formula is C22H27NO3. The zero-order valence-corrected chi connectivity index (χ0v) is 15.6. The lowest BCUT2D eigenvalue weighted by Crippen LogP contribution is -2.41. The lowest BCUT2D eigenvalue weighted by Gasteiger charge is -2.32. The van der Waals surface area contributed by atoms with E-state index in [4.69, 9.17) is 9.47 Å². The average molecular weight is 353 g/mol. The molecule has 0 spiro atoms. The zero-order chi connectivity index (χ0) is 18.4. The van der Waals surface area contributed by atoms with Crippen molar-refractivity contribution in [3.05, 3.63) is 59.7 Å². The van der Waals surface area contributed by atoms with Crippen molar-refractivity contribution in [3.8, 4) is 11.5 Å². The number of aryl methyl sites for hydroxylation is 2. The summed E-state index contributed by atoms with van der Waals surface area (Å²) in [5.74, 6) is 1.99. The molecule has 1 fully saturated rings. The number of benzene rings is 2. The van der Waals surface area contributed by atoms with Gasteiger partial charge in [-0.1, -0.05) is 29.8 Å². The number of methoxy groups -OCH3 is 1. The van der Waals surface area contributed by atoms with E-state index < -0.39 is 0 Å². The van der Waals surface area contributed by atoms with Gasteiger partial charge in [0.25, 0.3) is 0 Å². The number of piperidine rings is 1. The molecule has 1 aliphatic rings. The van der Waals surface area contributed by atoms with Gasteiger partial charge in [0.2, 0.25) is 5.91 Å². The van der Waals surface area contributed by atoms with E-state index in [1.54, 1.807) is 7.11 Å². The largest absolute Gasteiger partial charge is 0.497 e. The van der Waals surface area contributed by atoms with Crippen LogP contribution in [-0.4, -0.2) is 37.1 Å². The van der Waals surface area contributed by atoms with Gasteiger partial charge in [-0.2, -0.15) is 0 Å². The second-order valence-corrected chi connectivity index (χ2v) is 6.86. The van der Waals surface area contributed by atoms with Crippen LogP contribution in [0.2, 0.25) is 0 Å². The minimum atomic E-state index is 0.198. The standard InChI is InChI=1S/C22H27NO3/c1-17-3-8-20(9-4-17)26-21-13-15-23(16-14-21)22(24)12-7-18-5-10-19(25-2)11-6-18/h3-6,8-11,21H,7,12-16H2,1-2H3. The molecule has 2 aromatic carbocycles. The SMILES string of the molecule is COc1ccc(CCC(=O)N2CCC(Oc3ccc(C)cc3)CC2)cc1. The minimum Gasteiger partial charge on any atom is -0.497 e. The summed E-state index contributed by atoms with van der Waals surface area (Å²) in [7, 11) is 1.66. The third-order valence-corrected chi connectivity index (χ3v) is 4.91. The first-order chi connectivity index (χ1) is 12.6. The molecule has 0 N–H and O–H groups in total. The molecule has 26 heavy (non-hydrogen) atoms. The molecule has 2 aromatic rings. The van der Waals surface area contributed by atoms with Crippen molar-refractivity contribution >= 4 is 5.91 Å². The van der Waals surface area contributed by atoms with Crippen LogP contribution in [0.3, 0.4) is 0 Å². The Morgan fingerprint density at radius 2 is 1.62 bits per heavy atom. The fourth-order valence-corrected chi connectivity index (χ4v) is 3.23. The highest BCUT2D eigenvalue weighted by Crippen LogP contribution is 2.20. The van der Waals surface area contributed by atoms with Crippen molar-refractivity contribution in [3.63, 3.8) is 0 Å². The molecule has 1 aliphatic heterocycles. The van der Waals surface area contributed by atoms with E-state index in [1.807, 2.05) is 41.3 Å². The van der Waals surface area contributed by atoms with Gasteiger partial charge in [-0.05, 0) is 43.2 Å². The Bertz CT molecular complexity index is 701. The summed E-state index contributed by atoms with van der Waals surface area (Å²) in [4.78, 5) is 14.4. The Labute approximate surface area is 155 Å².